The fourth-order valence-corrected chi connectivity index (χ4v) is 3.84. The average molecular weight is 314 g/mol. The number of fused-ring (bicyclic) bond motifs is 1. The Hall–Kier alpha value is -2.17. The van der Waals surface area contributed by atoms with Crippen molar-refractivity contribution in [2.75, 3.05) is 6.54 Å². The predicted octanol–water partition coefficient (Wildman–Crippen LogP) is 1.99. The minimum atomic E-state index is -0.869. The molecule has 0 spiro atoms. The Balaban J connectivity index is 2.14. The van der Waals surface area contributed by atoms with E-state index in [4.69, 9.17) is 0 Å². The smallest absolute Gasteiger partial charge is 0.242 e. The minimum absolute atomic E-state index is 0.226. The lowest BCUT2D eigenvalue weighted by molar-refractivity contribution is -0.146. The van der Waals surface area contributed by atoms with Crippen LogP contribution in [0.15, 0.2) is 30.3 Å². The molecule has 1 aromatic rings. The molecule has 122 valence electrons. The Morgan fingerprint density at radius 2 is 1.57 bits per heavy atom. The van der Waals surface area contributed by atoms with Crippen LogP contribution < -0.4 is 0 Å². The molecule has 0 bridgehead atoms. The third kappa shape index (κ3) is 2.18. The first-order valence-electron chi connectivity index (χ1n) is 8.02. The van der Waals surface area contributed by atoms with E-state index >= 15 is 0 Å². The molecule has 0 radical (unpaired) electrons. The highest BCUT2D eigenvalue weighted by Gasteiger charge is 2.63. The maximum Gasteiger partial charge on any atom is 0.242 e. The molecule has 0 unspecified atom stereocenters. The number of likely N-dealkylation sites (tertiary alicyclic amines) is 2. The van der Waals surface area contributed by atoms with Gasteiger partial charge < -0.3 is 4.90 Å². The molecule has 2 fully saturated rings. The Morgan fingerprint density at radius 1 is 0.957 bits per heavy atom. The number of carbonyl (C=O) groups is 3. The summed E-state index contributed by atoms with van der Waals surface area (Å²) in [6.07, 6.45) is 0. The van der Waals surface area contributed by atoms with Gasteiger partial charge in [0.25, 0.3) is 0 Å². The zero-order valence-corrected chi connectivity index (χ0v) is 13.9. The van der Waals surface area contributed by atoms with Gasteiger partial charge in [0, 0.05) is 12.1 Å². The molecule has 2 aliphatic rings. The number of amides is 3. The molecule has 0 aliphatic carbocycles. The van der Waals surface area contributed by atoms with Crippen LogP contribution in [0.5, 0.6) is 0 Å². The van der Waals surface area contributed by atoms with Crippen molar-refractivity contribution < 1.29 is 14.4 Å². The van der Waals surface area contributed by atoms with Crippen LogP contribution in [0.2, 0.25) is 0 Å². The molecule has 3 amide bonds. The molecule has 2 saturated heterocycles. The topological polar surface area (TPSA) is 57.7 Å². The van der Waals surface area contributed by atoms with Gasteiger partial charge in [0.2, 0.25) is 17.7 Å². The van der Waals surface area contributed by atoms with E-state index < -0.39 is 17.4 Å². The van der Waals surface area contributed by atoms with Crippen LogP contribution in [-0.2, 0) is 14.4 Å². The van der Waals surface area contributed by atoms with Crippen molar-refractivity contribution in [2.45, 2.75) is 39.3 Å². The lowest BCUT2D eigenvalue weighted by atomic mass is 9.88. The van der Waals surface area contributed by atoms with Gasteiger partial charge in [-0.05, 0) is 33.3 Å². The van der Waals surface area contributed by atoms with Gasteiger partial charge >= 0.3 is 0 Å². The molecule has 0 saturated carbocycles. The Bertz CT molecular complexity index is 663. The Labute approximate surface area is 136 Å². The molecule has 5 nitrogen and oxygen atoms in total. The molecule has 0 aromatic heterocycles. The zero-order chi connectivity index (χ0) is 16.9. The van der Waals surface area contributed by atoms with E-state index in [1.54, 1.807) is 11.8 Å². The first kappa shape index (κ1) is 15.7. The summed E-state index contributed by atoms with van der Waals surface area (Å²) >= 11 is 0. The summed E-state index contributed by atoms with van der Waals surface area (Å²) in [4.78, 5) is 41.2. The summed E-state index contributed by atoms with van der Waals surface area (Å²) in [7, 11) is 0. The van der Waals surface area contributed by atoms with E-state index in [1.807, 2.05) is 51.1 Å². The zero-order valence-electron chi connectivity index (χ0n) is 13.9. The van der Waals surface area contributed by atoms with Crippen molar-refractivity contribution in [3.63, 3.8) is 0 Å². The molecular weight excluding hydrogens is 292 g/mol. The molecule has 0 N–H and O–H groups in total. The summed E-state index contributed by atoms with van der Waals surface area (Å²) in [5, 5.41) is 0. The summed E-state index contributed by atoms with van der Waals surface area (Å²) in [5.74, 6) is -2.29. The number of hydrogen-bond acceptors (Lipinski definition) is 3. The molecule has 5 heteroatoms. The summed E-state index contributed by atoms with van der Waals surface area (Å²) < 4.78 is 0. The molecule has 2 heterocycles. The van der Waals surface area contributed by atoms with E-state index in [1.165, 1.54) is 4.90 Å². The lowest BCUT2D eigenvalue weighted by Crippen LogP contribution is -2.47. The Morgan fingerprint density at radius 3 is 2.09 bits per heavy atom. The monoisotopic (exact) mass is 314 g/mol. The van der Waals surface area contributed by atoms with E-state index in [2.05, 4.69) is 0 Å². The lowest BCUT2D eigenvalue weighted by Gasteiger charge is -2.39. The highest BCUT2D eigenvalue weighted by atomic mass is 16.2. The summed E-state index contributed by atoms with van der Waals surface area (Å²) in [6.45, 7) is 7.90. The van der Waals surface area contributed by atoms with Crippen LogP contribution in [0.3, 0.4) is 0 Å². The van der Waals surface area contributed by atoms with Crippen LogP contribution in [0.25, 0.3) is 0 Å². The predicted molar refractivity (Wildman–Crippen MR) is 85.2 cm³/mol. The maximum absolute atomic E-state index is 13.0. The highest BCUT2D eigenvalue weighted by Crippen LogP contribution is 2.49. The first-order valence-corrected chi connectivity index (χ1v) is 8.02. The van der Waals surface area contributed by atoms with Gasteiger partial charge in [0.05, 0.1) is 12.0 Å². The van der Waals surface area contributed by atoms with Crippen LogP contribution in [0, 0.1) is 11.8 Å². The third-order valence-corrected chi connectivity index (χ3v) is 4.74. The number of rotatable bonds is 2. The van der Waals surface area contributed by atoms with Crippen molar-refractivity contribution in [3.8, 4) is 0 Å². The molecule has 3 atom stereocenters. The number of imide groups is 1. The average Bonchev–Trinajstić information content (AvgIpc) is 2.93. The number of carbonyl (C=O) groups excluding carboxylic acids is 3. The normalized spacial score (nSPS) is 27.8. The van der Waals surface area contributed by atoms with Gasteiger partial charge in [-0.3, -0.25) is 19.3 Å². The number of hydrogen-bond donors (Lipinski definition) is 0. The van der Waals surface area contributed by atoms with E-state index in [9.17, 15) is 14.4 Å². The standard InChI is InChI=1S/C18H22N2O3/c1-5-19-15(21)12-13(16(19)22)17(23)20(18(2,3)4)14(12)11-9-7-6-8-10-11/h6-10,12-14H,5H2,1-4H3/t12-,13-,14+/m0/s1. The summed E-state index contributed by atoms with van der Waals surface area (Å²) in [5.41, 5.74) is 0.446. The van der Waals surface area contributed by atoms with E-state index in [-0.39, 0.29) is 23.8 Å². The minimum Gasteiger partial charge on any atom is -0.329 e. The van der Waals surface area contributed by atoms with Crippen molar-refractivity contribution in [1.29, 1.82) is 0 Å². The molecule has 3 rings (SSSR count). The van der Waals surface area contributed by atoms with Crippen molar-refractivity contribution in [3.05, 3.63) is 35.9 Å². The van der Waals surface area contributed by atoms with Crippen LogP contribution in [0.4, 0.5) is 0 Å². The fraction of sp³-hybridized carbons (Fsp3) is 0.500. The second-order valence-corrected chi connectivity index (χ2v) is 7.16. The van der Waals surface area contributed by atoms with Gasteiger partial charge in [-0.1, -0.05) is 30.3 Å². The first-order chi connectivity index (χ1) is 10.8. The van der Waals surface area contributed by atoms with E-state index in [0.29, 0.717) is 6.54 Å². The van der Waals surface area contributed by atoms with Gasteiger partial charge in [0.15, 0.2) is 0 Å². The highest BCUT2D eigenvalue weighted by molar-refractivity contribution is 6.17. The second kappa shape index (κ2) is 5.18. The van der Waals surface area contributed by atoms with Gasteiger partial charge in [-0.2, -0.15) is 0 Å². The molecule has 23 heavy (non-hydrogen) atoms. The van der Waals surface area contributed by atoms with Gasteiger partial charge in [-0.25, -0.2) is 0 Å². The molecule has 2 aliphatic heterocycles. The van der Waals surface area contributed by atoms with Gasteiger partial charge in [-0.15, -0.1) is 0 Å². The van der Waals surface area contributed by atoms with Crippen LogP contribution in [-0.4, -0.2) is 39.6 Å². The van der Waals surface area contributed by atoms with E-state index in [0.717, 1.165) is 5.56 Å². The quantitative estimate of drug-likeness (QED) is 0.619. The second-order valence-electron chi connectivity index (χ2n) is 7.16. The fourth-order valence-electron chi connectivity index (χ4n) is 3.84. The molecule has 1 aromatic carbocycles. The third-order valence-electron chi connectivity index (χ3n) is 4.74. The SMILES string of the molecule is CCN1C(=O)[C@H]2C(=O)N(C(C)(C)C)[C@H](c3ccccc3)[C@H]2C1=O. The van der Waals surface area contributed by atoms with Crippen LogP contribution in [0.1, 0.15) is 39.3 Å². The number of nitrogens with zero attached hydrogens (tertiary/aromatic N) is 2. The number of benzene rings is 1. The van der Waals surface area contributed by atoms with Crippen LogP contribution >= 0.6 is 0 Å². The van der Waals surface area contributed by atoms with Crippen molar-refractivity contribution in [2.24, 2.45) is 11.8 Å². The maximum atomic E-state index is 13.0. The summed E-state index contributed by atoms with van der Waals surface area (Å²) in [6, 6.07) is 9.15. The van der Waals surface area contributed by atoms with Gasteiger partial charge in [0.1, 0.15) is 5.92 Å². The largest absolute Gasteiger partial charge is 0.329 e. The molecular formula is C18H22N2O3. The van der Waals surface area contributed by atoms with Crippen molar-refractivity contribution in [1.82, 2.24) is 9.80 Å². The Kier molecular flexibility index (Phi) is 3.54. The van der Waals surface area contributed by atoms with Crippen molar-refractivity contribution >= 4 is 17.7 Å².